The van der Waals surface area contributed by atoms with Crippen LogP contribution in [0, 0.1) is 16.0 Å². The molecule has 0 heterocycles. The number of hydrogen-bond acceptors (Lipinski definition) is 8. The van der Waals surface area contributed by atoms with Gasteiger partial charge in [-0.2, -0.15) is 0 Å². The van der Waals surface area contributed by atoms with Gasteiger partial charge in [-0.15, -0.1) is 0 Å². The van der Waals surface area contributed by atoms with Gasteiger partial charge in [-0.25, -0.2) is 0 Å². The molecule has 264 valence electrons. The van der Waals surface area contributed by atoms with Crippen molar-refractivity contribution in [1.82, 2.24) is 0 Å². The van der Waals surface area contributed by atoms with Gasteiger partial charge in [-0.05, 0) is 70.3 Å². The number of ketones is 2. The van der Waals surface area contributed by atoms with E-state index in [9.17, 15) is 19.7 Å². The first kappa shape index (κ1) is 35.6. The Labute approximate surface area is 302 Å². The molecule has 0 aromatic heterocycles. The Bertz CT molecular complexity index is 2010. The van der Waals surface area contributed by atoms with Crippen LogP contribution in [0.5, 0.6) is 23.0 Å². The molecule has 6 rings (SSSR count). The number of Topliss-reactive ketones (excluding diaryl/α,β-unsaturated/α-hetero) is 1. The van der Waals surface area contributed by atoms with E-state index >= 15 is 0 Å². The van der Waals surface area contributed by atoms with E-state index in [1.54, 1.807) is 72.8 Å². The Balaban J connectivity index is 1.25. The fourth-order valence-electron chi connectivity index (χ4n) is 6.73. The highest BCUT2D eigenvalue weighted by Crippen LogP contribution is 2.46. The molecule has 1 aliphatic rings. The fraction of sp³-hybridized carbons (Fsp3) is 0.209. The van der Waals surface area contributed by atoms with Crippen LogP contribution >= 0.6 is 0 Å². The van der Waals surface area contributed by atoms with Crippen molar-refractivity contribution in [3.63, 3.8) is 0 Å². The lowest BCUT2D eigenvalue weighted by Crippen LogP contribution is -2.48. The number of nitro groups is 1. The molecule has 5 aromatic rings. The summed E-state index contributed by atoms with van der Waals surface area (Å²) in [6, 6.07) is 37.3. The molecule has 0 N–H and O–H groups in total. The number of hydrogen-bond donors (Lipinski definition) is 0. The predicted octanol–water partition coefficient (Wildman–Crippen LogP) is 8.25. The molecule has 0 aliphatic heterocycles. The second-order valence-electron chi connectivity index (χ2n) is 12.6. The summed E-state index contributed by atoms with van der Waals surface area (Å²) in [7, 11) is 3.05. The van der Waals surface area contributed by atoms with E-state index in [-0.39, 0.29) is 17.1 Å². The molecule has 4 atom stereocenters. The van der Waals surface area contributed by atoms with E-state index in [0.29, 0.717) is 52.9 Å². The van der Waals surface area contributed by atoms with Gasteiger partial charge in [-0.1, -0.05) is 97.1 Å². The Kier molecular flexibility index (Phi) is 11.4. The lowest BCUT2D eigenvalue weighted by Gasteiger charge is -2.36. The number of carbonyl (C=O) groups is 2. The summed E-state index contributed by atoms with van der Waals surface area (Å²) in [5, 5.41) is 13.0. The van der Waals surface area contributed by atoms with E-state index in [2.05, 4.69) is 0 Å². The molecule has 4 unspecified atom stereocenters. The maximum atomic E-state index is 14.0. The van der Waals surface area contributed by atoms with Crippen molar-refractivity contribution in [2.24, 2.45) is 5.92 Å². The van der Waals surface area contributed by atoms with Crippen LogP contribution in [0.2, 0.25) is 0 Å². The Morgan fingerprint density at radius 1 is 0.731 bits per heavy atom. The summed E-state index contributed by atoms with van der Waals surface area (Å²) in [4.78, 5) is 40.6. The van der Waals surface area contributed by atoms with Crippen molar-refractivity contribution in [3.8, 4) is 23.0 Å². The van der Waals surface area contributed by atoms with Gasteiger partial charge >= 0.3 is 0 Å². The lowest BCUT2D eigenvalue weighted by molar-refractivity contribution is -0.533. The van der Waals surface area contributed by atoms with Crippen LogP contribution in [0.25, 0.3) is 6.08 Å². The monoisotopic (exact) mass is 697 g/mol. The first-order valence-corrected chi connectivity index (χ1v) is 17.0. The smallest absolute Gasteiger partial charge is 0.228 e. The maximum Gasteiger partial charge on any atom is 0.228 e. The summed E-state index contributed by atoms with van der Waals surface area (Å²) < 4.78 is 22.8. The van der Waals surface area contributed by atoms with Crippen molar-refractivity contribution >= 4 is 17.6 Å². The maximum absolute atomic E-state index is 14.0. The highest BCUT2D eigenvalue weighted by molar-refractivity contribution is 6.10. The van der Waals surface area contributed by atoms with Crippen LogP contribution in [0.3, 0.4) is 0 Å². The molecule has 1 aliphatic carbocycles. The highest BCUT2D eigenvalue weighted by Gasteiger charge is 2.54. The molecular formula is C43H39NO8. The molecule has 0 radical (unpaired) electrons. The molecule has 0 spiro atoms. The van der Waals surface area contributed by atoms with Crippen LogP contribution in [-0.2, 0) is 22.8 Å². The number of rotatable bonds is 14. The quantitative estimate of drug-likeness (QED) is 0.0493. The zero-order valence-electron chi connectivity index (χ0n) is 28.9. The molecule has 0 saturated heterocycles. The lowest BCUT2D eigenvalue weighted by atomic mass is 9.64. The number of carbonyl (C=O) groups excluding carboxylic acids is 2. The number of benzene rings is 5. The molecule has 9 nitrogen and oxygen atoms in total. The first-order chi connectivity index (χ1) is 25.3. The van der Waals surface area contributed by atoms with Crippen molar-refractivity contribution in [2.45, 2.75) is 37.5 Å². The SMILES string of the molecule is COc1ccc(C2C(C(=O)C=Cc3ccc(OCc4ccccc4)c(OC)c3)C(=O)CC(c3ccc(OCc4ccccc4)cc3)C2[N+](=O)[O-])cc1. The molecule has 9 heteroatoms. The highest BCUT2D eigenvalue weighted by atomic mass is 16.6. The molecular weight excluding hydrogens is 658 g/mol. The largest absolute Gasteiger partial charge is 0.497 e. The zero-order chi connectivity index (χ0) is 36.5. The van der Waals surface area contributed by atoms with Gasteiger partial charge in [0.05, 0.1) is 32.0 Å². The summed E-state index contributed by atoms with van der Waals surface area (Å²) in [6.45, 7) is 0.724. The summed E-state index contributed by atoms with van der Waals surface area (Å²) in [6.07, 6.45) is 2.76. The van der Waals surface area contributed by atoms with Crippen LogP contribution in [0.1, 0.15) is 46.1 Å². The van der Waals surface area contributed by atoms with Crippen molar-refractivity contribution < 1.29 is 33.5 Å². The minimum atomic E-state index is -1.26. The molecule has 0 amide bonds. The van der Waals surface area contributed by atoms with Crippen molar-refractivity contribution in [2.75, 3.05) is 14.2 Å². The Hall–Kier alpha value is -6.22. The van der Waals surface area contributed by atoms with E-state index in [1.807, 2.05) is 60.7 Å². The predicted molar refractivity (Wildman–Crippen MR) is 197 cm³/mol. The average Bonchev–Trinajstić information content (AvgIpc) is 3.19. The second kappa shape index (κ2) is 16.7. The van der Waals surface area contributed by atoms with Gasteiger partial charge in [0.2, 0.25) is 6.04 Å². The number of methoxy groups -OCH3 is 2. The van der Waals surface area contributed by atoms with Gasteiger partial charge < -0.3 is 18.9 Å². The summed E-state index contributed by atoms with van der Waals surface area (Å²) >= 11 is 0. The minimum Gasteiger partial charge on any atom is -0.497 e. The van der Waals surface area contributed by atoms with Gasteiger partial charge in [-0.3, -0.25) is 19.7 Å². The normalized spacial score (nSPS) is 18.5. The van der Waals surface area contributed by atoms with Gasteiger partial charge in [0.25, 0.3) is 0 Å². The Morgan fingerprint density at radius 3 is 1.92 bits per heavy atom. The van der Waals surface area contributed by atoms with Crippen LogP contribution in [0.15, 0.2) is 133 Å². The summed E-state index contributed by atoms with van der Waals surface area (Å²) in [5.74, 6) is -1.76. The molecule has 52 heavy (non-hydrogen) atoms. The minimum absolute atomic E-state index is 0.159. The fourth-order valence-corrected chi connectivity index (χ4v) is 6.73. The van der Waals surface area contributed by atoms with Crippen molar-refractivity contribution in [3.05, 3.63) is 171 Å². The van der Waals surface area contributed by atoms with Crippen LogP contribution in [0.4, 0.5) is 0 Å². The number of nitrogens with zero attached hydrogens (tertiary/aromatic N) is 1. The number of ether oxygens (including phenoxy) is 4. The van der Waals surface area contributed by atoms with Crippen molar-refractivity contribution in [1.29, 1.82) is 0 Å². The first-order valence-electron chi connectivity index (χ1n) is 17.0. The zero-order valence-corrected chi connectivity index (χ0v) is 28.9. The molecule has 5 aromatic carbocycles. The summed E-state index contributed by atoms with van der Waals surface area (Å²) in [5.41, 5.74) is 3.79. The average molecular weight is 698 g/mol. The topological polar surface area (TPSA) is 114 Å². The van der Waals surface area contributed by atoms with E-state index in [4.69, 9.17) is 18.9 Å². The molecule has 1 saturated carbocycles. The Morgan fingerprint density at radius 2 is 1.33 bits per heavy atom. The van der Waals surface area contributed by atoms with Gasteiger partial charge in [0.15, 0.2) is 17.3 Å². The standard InChI is InChI=1S/C43H39NO8/c1-49-34-19-17-33(18-20-34)41-42(37(45)23-13-29-14-24-39(40(25-29)50-2)52-28-31-11-7-4-8-12-31)38(46)26-36(43(41)44(47)48)32-15-21-35(22-16-32)51-27-30-9-5-3-6-10-30/h3-25,36,41-43H,26-28H2,1-2H3. The van der Waals surface area contributed by atoms with Crippen LogP contribution in [-0.4, -0.2) is 36.8 Å². The van der Waals surface area contributed by atoms with E-state index in [0.717, 1.165) is 11.1 Å². The van der Waals surface area contributed by atoms with Crippen LogP contribution < -0.4 is 18.9 Å². The third kappa shape index (κ3) is 8.38. The molecule has 0 bridgehead atoms. The van der Waals surface area contributed by atoms with Gasteiger partial charge in [0, 0.05) is 11.3 Å². The third-order valence-corrected chi connectivity index (χ3v) is 9.38. The van der Waals surface area contributed by atoms with E-state index < -0.39 is 29.6 Å². The number of allylic oxidation sites excluding steroid dienone is 1. The van der Waals surface area contributed by atoms with Gasteiger partial charge in [0.1, 0.15) is 30.5 Å². The molecule has 1 fully saturated rings. The third-order valence-electron chi connectivity index (χ3n) is 9.38. The second-order valence-corrected chi connectivity index (χ2v) is 12.6. The van der Waals surface area contributed by atoms with E-state index in [1.165, 1.54) is 20.3 Å².